The van der Waals surface area contributed by atoms with Gasteiger partial charge in [-0.15, -0.1) is 11.3 Å². The van der Waals surface area contributed by atoms with Crippen molar-refractivity contribution in [3.05, 3.63) is 50.7 Å². The maximum Gasteiger partial charge on any atom is 0.0992 e. The van der Waals surface area contributed by atoms with Crippen molar-refractivity contribution in [2.45, 2.75) is 18.9 Å². The number of nitriles is 1. The molecule has 0 radical (unpaired) electrons. The highest BCUT2D eigenvalue weighted by Crippen LogP contribution is 2.40. The van der Waals surface area contributed by atoms with Gasteiger partial charge in [-0.2, -0.15) is 5.26 Å². The molecule has 1 aromatic carbocycles. The normalized spacial score (nSPS) is 17.2. The van der Waals surface area contributed by atoms with Crippen molar-refractivity contribution in [2.75, 3.05) is 5.32 Å². The van der Waals surface area contributed by atoms with Crippen LogP contribution in [0.2, 0.25) is 4.34 Å². The van der Waals surface area contributed by atoms with Gasteiger partial charge in [0.25, 0.3) is 0 Å². The number of fused-ring (bicyclic) bond motifs is 1. The Kier molecular flexibility index (Phi) is 2.99. The molecule has 1 unspecified atom stereocenters. The number of hydrogen-bond acceptors (Lipinski definition) is 3. The molecule has 0 saturated heterocycles. The summed E-state index contributed by atoms with van der Waals surface area (Å²) in [4.78, 5) is 1.38. The standard InChI is InChI=1S/C14H11ClN2S/c15-14-7-11-12(4-5-13(11)18-14)17-10-3-1-2-9(6-10)8-16/h1-3,6-7,12,17H,4-5H2. The zero-order valence-electron chi connectivity index (χ0n) is 9.61. The highest BCUT2D eigenvalue weighted by molar-refractivity contribution is 7.16. The first-order chi connectivity index (χ1) is 8.76. The molecule has 1 N–H and O–H groups in total. The summed E-state index contributed by atoms with van der Waals surface area (Å²) in [5, 5.41) is 12.4. The molecule has 2 aromatic rings. The summed E-state index contributed by atoms with van der Waals surface area (Å²) in [5.74, 6) is 0. The van der Waals surface area contributed by atoms with E-state index in [0.717, 1.165) is 22.9 Å². The van der Waals surface area contributed by atoms with Gasteiger partial charge < -0.3 is 5.32 Å². The third-order valence-corrected chi connectivity index (χ3v) is 4.52. The molecule has 0 amide bonds. The molecule has 1 aromatic heterocycles. The number of aryl methyl sites for hydroxylation is 1. The van der Waals surface area contributed by atoms with Crippen LogP contribution in [0.3, 0.4) is 0 Å². The Morgan fingerprint density at radius 2 is 2.28 bits per heavy atom. The second kappa shape index (κ2) is 4.64. The lowest BCUT2D eigenvalue weighted by molar-refractivity contribution is 0.762. The minimum atomic E-state index is 0.317. The molecule has 0 aliphatic heterocycles. The van der Waals surface area contributed by atoms with Crippen LogP contribution >= 0.6 is 22.9 Å². The van der Waals surface area contributed by atoms with Gasteiger partial charge in [-0.1, -0.05) is 17.7 Å². The van der Waals surface area contributed by atoms with E-state index in [1.165, 1.54) is 10.4 Å². The SMILES string of the molecule is N#Cc1cccc(NC2CCc3sc(Cl)cc32)c1. The van der Waals surface area contributed by atoms with Crippen LogP contribution in [-0.2, 0) is 6.42 Å². The van der Waals surface area contributed by atoms with Crippen LogP contribution in [0.5, 0.6) is 0 Å². The fourth-order valence-corrected chi connectivity index (χ4v) is 3.72. The molecule has 1 atom stereocenters. The summed E-state index contributed by atoms with van der Waals surface area (Å²) in [6, 6.07) is 12.1. The van der Waals surface area contributed by atoms with Gasteiger partial charge in [0.05, 0.1) is 22.0 Å². The van der Waals surface area contributed by atoms with E-state index in [0.29, 0.717) is 11.6 Å². The first-order valence-corrected chi connectivity index (χ1v) is 7.00. The van der Waals surface area contributed by atoms with E-state index in [1.54, 1.807) is 11.3 Å². The third kappa shape index (κ3) is 2.10. The maximum atomic E-state index is 8.89. The molecule has 0 bridgehead atoms. The van der Waals surface area contributed by atoms with Gasteiger partial charge in [0.2, 0.25) is 0 Å². The molecular weight excluding hydrogens is 264 g/mol. The predicted molar refractivity (Wildman–Crippen MR) is 75.2 cm³/mol. The average molecular weight is 275 g/mol. The van der Waals surface area contributed by atoms with E-state index in [9.17, 15) is 0 Å². The first kappa shape index (κ1) is 11.6. The Balaban J connectivity index is 1.84. The van der Waals surface area contributed by atoms with Gasteiger partial charge in [0.1, 0.15) is 0 Å². The lowest BCUT2D eigenvalue weighted by Gasteiger charge is -2.14. The van der Waals surface area contributed by atoms with Crippen molar-refractivity contribution in [3.8, 4) is 6.07 Å². The highest BCUT2D eigenvalue weighted by atomic mass is 35.5. The van der Waals surface area contributed by atoms with E-state index >= 15 is 0 Å². The monoisotopic (exact) mass is 274 g/mol. The van der Waals surface area contributed by atoms with Crippen molar-refractivity contribution < 1.29 is 0 Å². The van der Waals surface area contributed by atoms with Crippen LogP contribution in [0, 0.1) is 11.3 Å². The predicted octanol–water partition coefficient (Wildman–Crippen LogP) is 4.37. The molecule has 1 aliphatic carbocycles. The van der Waals surface area contributed by atoms with Crippen molar-refractivity contribution in [3.63, 3.8) is 0 Å². The van der Waals surface area contributed by atoms with Crippen LogP contribution < -0.4 is 5.32 Å². The molecule has 3 rings (SSSR count). The molecule has 1 aliphatic rings. The minimum absolute atomic E-state index is 0.317. The van der Waals surface area contributed by atoms with Gasteiger partial charge in [-0.25, -0.2) is 0 Å². The molecular formula is C14H11ClN2S. The highest BCUT2D eigenvalue weighted by Gasteiger charge is 2.24. The zero-order chi connectivity index (χ0) is 12.5. The molecule has 90 valence electrons. The van der Waals surface area contributed by atoms with E-state index < -0.39 is 0 Å². The molecule has 0 saturated carbocycles. The quantitative estimate of drug-likeness (QED) is 0.882. The summed E-state index contributed by atoms with van der Waals surface area (Å²) in [6.45, 7) is 0. The van der Waals surface area contributed by atoms with Crippen molar-refractivity contribution in [1.29, 1.82) is 5.26 Å². The number of halogens is 1. The smallest absolute Gasteiger partial charge is 0.0992 e. The van der Waals surface area contributed by atoms with Crippen LogP contribution in [-0.4, -0.2) is 0 Å². The maximum absolute atomic E-state index is 8.89. The van der Waals surface area contributed by atoms with Crippen molar-refractivity contribution in [1.82, 2.24) is 0 Å². The van der Waals surface area contributed by atoms with Crippen LogP contribution in [0.4, 0.5) is 5.69 Å². The van der Waals surface area contributed by atoms with Gasteiger partial charge >= 0.3 is 0 Å². The van der Waals surface area contributed by atoms with Gasteiger partial charge in [0.15, 0.2) is 0 Å². The molecule has 1 heterocycles. The number of nitrogens with one attached hydrogen (secondary N) is 1. The van der Waals surface area contributed by atoms with E-state index in [1.807, 2.05) is 24.3 Å². The molecule has 4 heteroatoms. The number of anilines is 1. The molecule has 0 fully saturated rings. The first-order valence-electron chi connectivity index (χ1n) is 5.81. The fourth-order valence-electron chi connectivity index (χ4n) is 2.36. The molecule has 2 nitrogen and oxygen atoms in total. The van der Waals surface area contributed by atoms with Crippen LogP contribution in [0.25, 0.3) is 0 Å². The number of hydrogen-bond donors (Lipinski definition) is 1. The number of benzene rings is 1. The van der Waals surface area contributed by atoms with Gasteiger partial charge in [0, 0.05) is 10.6 Å². The number of rotatable bonds is 2. The lowest BCUT2D eigenvalue weighted by atomic mass is 10.1. The third-order valence-electron chi connectivity index (χ3n) is 3.18. The summed E-state index contributed by atoms with van der Waals surface area (Å²) >= 11 is 7.71. The summed E-state index contributed by atoms with van der Waals surface area (Å²) in [5.41, 5.74) is 2.99. The topological polar surface area (TPSA) is 35.8 Å². The zero-order valence-corrected chi connectivity index (χ0v) is 11.2. The van der Waals surface area contributed by atoms with Crippen LogP contribution in [0.15, 0.2) is 30.3 Å². The largest absolute Gasteiger partial charge is 0.378 e. The Labute approximate surface area is 115 Å². The van der Waals surface area contributed by atoms with E-state index in [4.69, 9.17) is 16.9 Å². The van der Waals surface area contributed by atoms with Crippen molar-refractivity contribution in [2.24, 2.45) is 0 Å². The number of thiophene rings is 1. The Bertz CT molecular complexity index is 627. The Hall–Kier alpha value is -1.50. The Morgan fingerprint density at radius 3 is 3.11 bits per heavy atom. The second-order valence-corrected chi connectivity index (χ2v) is 6.13. The van der Waals surface area contributed by atoms with Crippen molar-refractivity contribution >= 4 is 28.6 Å². The second-order valence-electron chi connectivity index (χ2n) is 4.36. The minimum Gasteiger partial charge on any atom is -0.378 e. The van der Waals surface area contributed by atoms with Gasteiger partial charge in [-0.05, 0) is 42.7 Å². The summed E-state index contributed by atoms with van der Waals surface area (Å²) in [7, 11) is 0. The average Bonchev–Trinajstić information content (AvgIpc) is 2.90. The van der Waals surface area contributed by atoms with Crippen LogP contribution in [0.1, 0.15) is 28.5 Å². The molecule has 0 spiro atoms. The fraction of sp³-hybridized carbons (Fsp3) is 0.214. The summed E-state index contributed by atoms with van der Waals surface area (Å²) in [6.07, 6.45) is 2.18. The van der Waals surface area contributed by atoms with E-state index in [2.05, 4.69) is 17.5 Å². The molecule has 18 heavy (non-hydrogen) atoms. The lowest BCUT2D eigenvalue weighted by Crippen LogP contribution is -2.06. The Morgan fingerprint density at radius 1 is 1.39 bits per heavy atom. The van der Waals surface area contributed by atoms with Gasteiger partial charge in [-0.3, -0.25) is 0 Å². The summed E-state index contributed by atoms with van der Waals surface area (Å²) < 4.78 is 0.859. The number of nitrogens with zero attached hydrogens (tertiary/aromatic N) is 1. The van der Waals surface area contributed by atoms with E-state index in [-0.39, 0.29) is 0 Å².